The van der Waals surface area contributed by atoms with Gasteiger partial charge in [-0.05, 0) is 6.92 Å². The number of rotatable bonds is 8. The van der Waals surface area contributed by atoms with Crippen molar-refractivity contribution >= 4 is 18.5 Å². The van der Waals surface area contributed by atoms with Gasteiger partial charge in [0.05, 0.1) is 19.0 Å². The molecule has 1 aromatic heterocycles. The summed E-state index contributed by atoms with van der Waals surface area (Å²) in [7, 11) is 0. The molecule has 1 unspecified atom stereocenters. The molecule has 138 valence electrons. The van der Waals surface area contributed by atoms with E-state index in [0.717, 1.165) is 0 Å². The lowest BCUT2D eigenvalue weighted by Gasteiger charge is -2.24. The van der Waals surface area contributed by atoms with E-state index in [0.29, 0.717) is 5.82 Å². The highest BCUT2D eigenvalue weighted by atomic mass is 32.5. The van der Waals surface area contributed by atoms with Gasteiger partial charge in [0.1, 0.15) is 12.4 Å². The van der Waals surface area contributed by atoms with Crippen molar-refractivity contribution in [2.75, 3.05) is 13.2 Å². The van der Waals surface area contributed by atoms with Gasteiger partial charge in [0, 0.05) is 17.2 Å². The first-order chi connectivity index (χ1) is 10.9. The second kappa shape index (κ2) is 8.03. The maximum Gasteiger partial charge on any atom is 0.380 e. The molecule has 0 saturated heterocycles. The average Bonchev–Trinajstić information content (AvgIpc) is 2.45. The van der Waals surface area contributed by atoms with Crippen molar-refractivity contribution in [3.05, 3.63) is 18.2 Å². The molecule has 0 aliphatic carbocycles. The van der Waals surface area contributed by atoms with Crippen LogP contribution in [0.25, 0.3) is 0 Å². The van der Waals surface area contributed by atoms with Crippen LogP contribution in [0.15, 0.2) is 12.4 Å². The fourth-order valence-corrected chi connectivity index (χ4v) is 3.27. The first-order valence-electron chi connectivity index (χ1n) is 6.97. The van der Waals surface area contributed by atoms with Gasteiger partial charge in [-0.3, -0.25) is 9.05 Å². The van der Waals surface area contributed by atoms with Crippen molar-refractivity contribution in [3.8, 4) is 5.75 Å². The van der Waals surface area contributed by atoms with Gasteiger partial charge in [0.2, 0.25) is 0 Å². The number of aromatic nitrogens is 2. The number of halogens is 4. The van der Waals surface area contributed by atoms with Gasteiger partial charge in [-0.25, -0.2) is 18.7 Å². The minimum absolute atomic E-state index is 0.00153. The van der Waals surface area contributed by atoms with E-state index < -0.39 is 25.7 Å². The summed E-state index contributed by atoms with van der Waals surface area (Å²) in [5, 5.41) is 0. The van der Waals surface area contributed by atoms with Gasteiger partial charge >= 0.3 is 19.1 Å². The number of hydrogen-bond donors (Lipinski definition) is 0. The summed E-state index contributed by atoms with van der Waals surface area (Å²) in [5.74, 6) is -3.78. The highest BCUT2D eigenvalue weighted by Gasteiger charge is 2.43. The third-order valence-corrected chi connectivity index (χ3v) is 4.85. The van der Waals surface area contributed by atoms with E-state index >= 15 is 0 Å². The highest BCUT2D eigenvalue weighted by Crippen LogP contribution is 2.50. The van der Waals surface area contributed by atoms with E-state index in [1.54, 1.807) is 0 Å². The molecule has 1 heterocycles. The Morgan fingerprint density at radius 2 is 1.71 bits per heavy atom. The van der Waals surface area contributed by atoms with Crippen molar-refractivity contribution < 1.29 is 31.1 Å². The predicted octanol–water partition coefficient (Wildman–Crippen LogP) is 4.33. The van der Waals surface area contributed by atoms with Crippen LogP contribution >= 0.6 is 6.72 Å². The van der Waals surface area contributed by atoms with E-state index in [1.165, 1.54) is 19.3 Å². The Bertz CT molecular complexity index is 582. The van der Waals surface area contributed by atoms with Crippen molar-refractivity contribution in [2.45, 2.75) is 45.5 Å². The van der Waals surface area contributed by atoms with Crippen LogP contribution in [0.5, 0.6) is 5.75 Å². The molecule has 0 bridgehead atoms. The minimum atomic E-state index is -4.35. The molecule has 0 aromatic carbocycles. The standard InChI is InChI=1S/C13H19F4N2O3PS/c1-5-20-23(24,21-8-13(16,17)10(14)15)22-9-6-18-11(19-7-9)12(2,3)4/h6-7,10H,5,8H2,1-4H3. The van der Waals surface area contributed by atoms with Gasteiger partial charge in [-0.2, -0.15) is 8.78 Å². The van der Waals surface area contributed by atoms with Crippen molar-refractivity contribution in [1.29, 1.82) is 0 Å². The largest absolute Gasteiger partial charge is 0.421 e. The van der Waals surface area contributed by atoms with Crippen molar-refractivity contribution in [3.63, 3.8) is 0 Å². The SMILES string of the molecule is CCOP(=S)(OCC(F)(F)C(F)F)Oc1cnc(C(C)(C)C)nc1. The lowest BCUT2D eigenvalue weighted by Crippen LogP contribution is -2.32. The van der Waals surface area contributed by atoms with E-state index in [1.807, 2.05) is 20.8 Å². The smallest absolute Gasteiger partial charge is 0.380 e. The molecule has 0 radical (unpaired) electrons. The quantitative estimate of drug-likeness (QED) is 0.487. The topological polar surface area (TPSA) is 53.5 Å². The summed E-state index contributed by atoms with van der Waals surface area (Å²) < 4.78 is 65.4. The van der Waals surface area contributed by atoms with Gasteiger partial charge in [0.15, 0.2) is 5.75 Å². The zero-order valence-electron chi connectivity index (χ0n) is 13.6. The molecular formula is C13H19F4N2O3PS. The van der Waals surface area contributed by atoms with E-state index in [-0.39, 0.29) is 17.8 Å². The van der Waals surface area contributed by atoms with Crippen LogP contribution in [-0.4, -0.2) is 35.5 Å². The average molecular weight is 390 g/mol. The summed E-state index contributed by atoms with van der Waals surface area (Å²) in [6.45, 7) is 1.95. The molecule has 0 aliphatic rings. The van der Waals surface area contributed by atoms with Gasteiger partial charge < -0.3 is 4.52 Å². The Labute approximate surface area is 143 Å². The minimum Gasteiger partial charge on any atom is -0.421 e. The molecule has 0 saturated carbocycles. The summed E-state index contributed by atoms with van der Waals surface area (Å²) in [5.41, 5.74) is -0.297. The molecule has 1 aromatic rings. The Morgan fingerprint density at radius 3 is 2.12 bits per heavy atom. The fourth-order valence-electron chi connectivity index (χ4n) is 1.36. The van der Waals surface area contributed by atoms with Gasteiger partial charge in [0.25, 0.3) is 0 Å². The number of nitrogens with zero attached hydrogens (tertiary/aromatic N) is 2. The lowest BCUT2D eigenvalue weighted by molar-refractivity contribution is -0.149. The molecule has 24 heavy (non-hydrogen) atoms. The van der Waals surface area contributed by atoms with Crippen molar-refractivity contribution in [2.24, 2.45) is 0 Å². The molecule has 1 rings (SSSR count). The molecule has 0 aliphatic heterocycles. The summed E-state index contributed by atoms with van der Waals surface area (Å²) in [6.07, 6.45) is -1.29. The molecular weight excluding hydrogens is 371 g/mol. The Hall–Kier alpha value is -0.830. The lowest BCUT2D eigenvalue weighted by atomic mass is 9.96. The first-order valence-corrected chi connectivity index (χ1v) is 9.52. The highest BCUT2D eigenvalue weighted by molar-refractivity contribution is 8.07. The summed E-state index contributed by atoms with van der Waals surface area (Å²) >= 11 is 4.95. The van der Waals surface area contributed by atoms with Crippen molar-refractivity contribution in [1.82, 2.24) is 9.97 Å². The molecule has 0 spiro atoms. The van der Waals surface area contributed by atoms with Crippen LogP contribution in [0.1, 0.15) is 33.5 Å². The molecule has 11 heteroatoms. The molecule has 5 nitrogen and oxygen atoms in total. The van der Waals surface area contributed by atoms with Crippen LogP contribution in [0.3, 0.4) is 0 Å². The number of alkyl halides is 4. The predicted molar refractivity (Wildman–Crippen MR) is 84.2 cm³/mol. The van der Waals surface area contributed by atoms with Crippen LogP contribution in [-0.2, 0) is 26.3 Å². The van der Waals surface area contributed by atoms with Crippen LogP contribution in [0, 0.1) is 0 Å². The van der Waals surface area contributed by atoms with Crippen LogP contribution in [0.2, 0.25) is 0 Å². The third kappa shape index (κ3) is 6.23. The second-order valence-corrected chi connectivity index (χ2v) is 8.72. The summed E-state index contributed by atoms with van der Waals surface area (Å²) in [6, 6.07) is 0. The van der Waals surface area contributed by atoms with E-state index in [4.69, 9.17) is 25.4 Å². The monoisotopic (exact) mass is 390 g/mol. The Morgan fingerprint density at radius 1 is 1.17 bits per heavy atom. The zero-order chi connectivity index (χ0) is 18.6. The van der Waals surface area contributed by atoms with Crippen LogP contribution < -0.4 is 4.52 Å². The molecule has 1 atom stereocenters. The van der Waals surface area contributed by atoms with E-state index in [2.05, 4.69) is 9.97 Å². The third-order valence-electron chi connectivity index (χ3n) is 2.54. The second-order valence-electron chi connectivity index (χ2n) is 5.78. The maximum atomic E-state index is 13.0. The molecule has 0 fully saturated rings. The van der Waals surface area contributed by atoms with E-state index in [9.17, 15) is 17.6 Å². The normalized spacial score (nSPS) is 15.4. The molecule has 0 amide bonds. The van der Waals surface area contributed by atoms with Gasteiger partial charge in [-0.15, -0.1) is 0 Å². The summed E-state index contributed by atoms with van der Waals surface area (Å²) in [4.78, 5) is 8.17. The fraction of sp³-hybridized carbons (Fsp3) is 0.692. The molecule has 0 N–H and O–H groups in total. The zero-order valence-corrected chi connectivity index (χ0v) is 15.3. The Balaban J connectivity index is 2.86. The number of hydrogen-bond acceptors (Lipinski definition) is 6. The first kappa shape index (κ1) is 21.2. The van der Waals surface area contributed by atoms with Crippen LogP contribution in [0.4, 0.5) is 17.6 Å². The van der Waals surface area contributed by atoms with Gasteiger partial charge in [-0.1, -0.05) is 20.8 Å². The Kier molecular flexibility index (Phi) is 7.10. The maximum absolute atomic E-state index is 13.0.